The van der Waals surface area contributed by atoms with Crippen molar-refractivity contribution >= 4 is 0 Å². The van der Waals surface area contributed by atoms with Crippen molar-refractivity contribution in [3.63, 3.8) is 0 Å². The van der Waals surface area contributed by atoms with Crippen LogP contribution >= 0.6 is 0 Å². The van der Waals surface area contributed by atoms with E-state index in [1.165, 1.54) is 70.6 Å². The van der Waals surface area contributed by atoms with Gasteiger partial charge in [-0.2, -0.15) is 0 Å². The fourth-order valence-electron chi connectivity index (χ4n) is 2.48. The molecule has 0 aliphatic carbocycles. The van der Waals surface area contributed by atoms with E-state index in [1.807, 2.05) is 0 Å². The number of azide groups is 1. The van der Waals surface area contributed by atoms with Crippen LogP contribution < -0.4 is 0 Å². The predicted octanol–water partition coefficient (Wildman–Crippen LogP) is 5.75. The van der Waals surface area contributed by atoms with Crippen molar-refractivity contribution in [2.45, 2.75) is 96.4 Å². The fourth-order valence-corrected chi connectivity index (χ4v) is 2.48. The van der Waals surface area contributed by atoms with Crippen LogP contribution in [0.5, 0.6) is 0 Å². The maximum absolute atomic E-state index is 8.97. The predicted molar refractivity (Wildman–Crippen MR) is 85.7 cm³/mol. The molecule has 0 bridgehead atoms. The van der Waals surface area contributed by atoms with Crippen LogP contribution in [0.2, 0.25) is 0 Å². The minimum Gasteiger partial charge on any atom is -0.396 e. The van der Waals surface area contributed by atoms with Crippen molar-refractivity contribution in [1.82, 2.24) is 0 Å². The molecule has 1 unspecified atom stereocenters. The fraction of sp³-hybridized carbons (Fsp3) is 1.00. The van der Waals surface area contributed by atoms with E-state index in [2.05, 4.69) is 16.9 Å². The summed E-state index contributed by atoms with van der Waals surface area (Å²) < 4.78 is 0. The second-order valence-electron chi connectivity index (χ2n) is 5.72. The number of hydrogen-bond donors (Lipinski definition) is 1. The molecule has 0 aromatic rings. The first kappa shape index (κ1) is 19.3. The molecule has 20 heavy (non-hydrogen) atoms. The van der Waals surface area contributed by atoms with Crippen molar-refractivity contribution in [1.29, 1.82) is 0 Å². The highest BCUT2D eigenvalue weighted by Gasteiger charge is 2.03. The molecule has 0 amide bonds. The van der Waals surface area contributed by atoms with Crippen molar-refractivity contribution in [3.05, 3.63) is 10.4 Å². The molecule has 0 aromatic heterocycles. The summed E-state index contributed by atoms with van der Waals surface area (Å²) in [5.74, 6) is 0. The van der Waals surface area contributed by atoms with Gasteiger partial charge in [0.05, 0.1) is 12.6 Å². The van der Waals surface area contributed by atoms with Crippen LogP contribution in [0.1, 0.15) is 90.4 Å². The first-order valence-electron chi connectivity index (χ1n) is 8.50. The van der Waals surface area contributed by atoms with Gasteiger partial charge in [-0.05, 0) is 12.0 Å². The molecule has 1 N–H and O–H groups in total. The van der Waals surface area contributed by atoms with Gasteiger partial charge in [0.1, 0.15) is 0 Å². The normalized spacial score (nSPS) is 12.1. The SMILES string of the molecule is CCCCCCCCCCCCCCC(CO)N=[N+]=[N-]. The van der Waals surface area contributed by atoms with Crippen molar-refractivity contribution in [2.75, 3.05) is 6.61 Å². The Morgan fingerprint density at radius 1 is 0.850 bits per heavy atom. The zero-order valence-corrected chi connectivity index (χ0v) is 13.3. The monoisotopic (exact) mass is 283 g/mol. The van der Waals surface area contributed by atoms with Crippen LogP contribution in [0, 0.1) is 0 Å². The van der Waals surface area contributed by atoms with Gasteiger partial charge in [-0.25, -0.2) is 0 Å². The number of aliphatic hydroxyl groups is 1. The molecule has 0 aromatic carbocycles. The summed E-state index contributed by atoms with van der Waals surface area (Å²) in [7, 11) is 0. The molecule has 0 saturated carbocycles. The summed E-state index contributed by atoms with van der Waals surface area (Å²) in [4.78, 5) is 2.75. The molecule has 0 aliphatic rings. The summed E-state index contributed by atoms with van der Waals surface area (Å²) in [5, 5.41) is 12.5. The average molecular weight is 283 g/mol. The molecule has 4 heteroatoms. The van der Waals surface area contributed by atoms with Gasteiger partial charge in [-0.15, -0.1) is 0 Å². The van der Waals surface area contributed by atoms with Gasteiger partial charge < -0.3 is 5.11 Å². The lowest BCUT2D eigenvalue weighted by Gasteiger charge is -2.06. The molecule has 0 saturated heterocycles. The highest BCUT2D eigenvalue weighted by Crippen LogP contribution is 2.13. The summed E-state index contributed by atoms with van der Waals surface area (Å²) in [6.45, 7) is 2.23. The zero-order valence-electron chi connectivity index (χ0n) is 13.3. The lowest BCUT2D eigenvalue weighted by Crippen LogP contribution is -2.08. The smallest absolute Gasteiger partial charge is 0.0605 e. The van der Waals surface area contributed by atoms with Crippen molar-refractivity contribution < 1.29 is 5.11 Å². The Labute approximate surface area is 124 Å². The summed E-state index contributed by atoms with van der Waals surface area (Å²) in [6, 6.07) is -0.219. The molecule has 0 fully saturated rings. The van der Waals surface area contributed by atoms with Crippen LogP contribution in [0.25, 0.3) is 10.4 Å². The summed E-state index contributed by atoms with van der Waals surface area (Å²) in [6.07, 6.45) is 16.7. The minimum absolute atomic E-state index is 0.0257. The first-order valence-corrected chi connectivity index (χ1v) is 8.50. The van der Waals surface area contributed by atoms with Crippen LogP contribution in [0.3, 0.4) is 0 Å². The molecule has 0 aliphatic heterocycles. The van der Waals surface area contributed by atoms with Crippen LogP contribution in [0.4, 0.5) is 0 Å². The van der Waals surface area contributed by atoms with E-state index in [4.69, 9.17) is 10.6 Å². The number of nitrogens with zero attached hydrogens (tertiary/aromatic N) is 3. The van der Waals surface area contributed by atoms with Crippen molar-refractivity contribution in [2.24, 2.45) is 5.11 Å². The number of rotatable bonds is 15. The van der Waals surface area contributed by atoms with Gasteiger partial charge >= 0.3 is 0 Å². The quantitative estimate of drug-likeness (QED) is 0.177. The van der Waals surface area contributed by atoms with E-state index in [0.717, 1.165) is 12.8 Å². The van der Waals surface area contributed by atoms with Crippen LogP contribution in [0.15, 0.2) is 5.11 Å². The standard InChI is InChI=1S/C16H33N3O/c1-2-3-4-5-6-7-8-9-10-11-12-13-14-16(15-20)18-19-17/h16,20H,2-15H2,1H3. The summed E-state index contributed by atoms with van der Waals surface area (Å²) >= 11 is 0. The zero-order chi connectivity index (χ0) is 14.9. The lowest BCUT2D eigenvalue weighted by atomic mass is 10.0. The molecule has 118 valence electrons. The summed E-state index contributed by atoms with van der Waals surface area (Å²) in [5.41, 5.74) is 8.31. The lowest BCUT2D eigenvalue weighted by molar-refractivity contribution is 0.257. The highest BCUT2D eigenvalue weighted by molar-refractivity contribution is 4.65. The Balaban J connectivity index is 3.14. The van der Waals surface area contributed by atoms with Gasteiger partial charge in [0.2, 0.25) is 0 Å². The molecule has 0 heterocycles. The van der Waals surface area contributed by atoms with Gasteiger partial charge in [-0.3, -0.25) is 0 Å². The molecule has 4 nitrogen and oxygen atoms in total. The van der Waals surface area contributed by atoms with Crippen molar-refractivity contribution in [3.8, 4) is 0 Å². The second kappa shape index (κ2) is 16.3. The van der Waals surface area contributed by atoms with Gasteiger partial charge in [0.15, 0.2) is 0 Å². The van der Waals surface area contributed by atoms with E-state index < -0.39 is 0 Å². The van der Waals surface area contributed by atoms with Gasteiger partial charge in [0, 0.05) is 4.91 Å². The Morgan fingerprint density at radius 2 is 1.30 bits per heavy atom. The maximum atomic E-state index is 8.97. The average Bonchev–Trinajstić information content (AvgIpc) is 2.47. The van der Waals surface area contributed by atoms with E-state index in [1.54, 1.807) is 0 Å². The van der Waals surface area contributed by atoms with E-state index >= 15 is 0 Å². The third kappa shape index (κ3) is 13.7. The Bertz CT molecular complexity index is 240. The minimum atomic E-state index is -0.219. The van der Waals surface area contributed by atoms with E-state index in [0.29, 0.717) is 0 Å². The topological polar surface area (TPSA) is 69.0 Å². The first-order chi connectivity index (χ1) is 9.85. The van der Waals surface area contributed by atoms with Crippen LogP contribution in [-0.2, 0) is 0 Å². The Morgan fingerprint density at radius 3 is 1.70 bits per heavy atom. The van der Waals surface area contributed by atoms with E-state index in [9.17, 15) is 0 Å². The number of hydrogen-bond acceptors (Lipinski definition) is 2. The third-order valence-electron chi connectivity index (χ3n) is 3.82. The molecular weight excluding hydrogens is 250 g/mol. The molecule has 1 atom stereocenters. The van der Waals surface area contributed by atoms with Gasteiger partial charge in [0.25, 0.3) is 0 Å². The molecule has 0 spiro atoms. The van der Waals surface area contributed by atoms with Crippen LogP contribution in [-0.4, -0.2) is 17.8 Å². The number of aliphatic hydroxyl groups excluding tert-OH is 1. The third-order valence-corrected chi connectivity index (χ3v) is 3.82. The maximum Gasteiger partial charge on any atom is 0.0605 e. The Hall–Kier alpha value is -0.730. The highest BCUT2D eigenvalue weighted by atomic mass is 16.3. The number of unbranched alkanes of at least 4 members (excludes halogenated alkanes) is 11. The molecular formula is C16H33N3O. The van der Waals surface area contributed by atoms with Gasteiger partial charge in [-0.1, -0.05) is 89.1 Å². The molecule has 0 radical (unpaired) electrons. The Kier molecular flexibility index (Phi) is 15.7. The molecule has 0 rings (SSSR count). The van der Waals surface area contributed by atoms with E-state index in [-0.39, 0.29) is 12.6 Å². The second-order valence-corrected chi connectivity index (χ2v) is 5.72. The largest absolute Gasteiger partial charge is 0.396 e.